The van der Waals surface area contributed by atoms with Crippen molar-refractivity contribution in [2.75, 3.05) is 7.11 Å². The minimum Gasteiger partial charge on any atom is -0.496 e. The standard InChI is InChI=1S/C16H23NO3/c1-11-5-4-6-12(2)17(11)10-14-9-13(16(18)19)7-8-15(14)20-3/h7-9,11-12H,4-6,10H2,1-3H3,(H,18,19)/t11-,12+. The molecule has 2 atom stereocenters. The number of carboxylic acids is 1. The van der Waals surface area contributed by atoms with Crippen molar-refractivity contribution >= 4 is 5.97 Å². The molecule has 110 valence electrons. The summed E-state index contributed by atoms with van der Waals surface area (Å²) in [6.07, 6.45) is 3.67. The highest BCUT2D eigenvalue weighted by molar-refractivity contribution is 5.88. The number of carboxylic acid groups (broad SMARTS) is 1. The summed E-state index contributed by atoms with van der Waals surface area (Å²) in [7, 11) is 1.63. The van der Waals surface area contributed by atoms with Crippen LogP contribution >= 0.6 is 0 Å². The third-order valence-electron chi connectivity index (χ3n) is 4.26. The van der Waals surface area contributed by atoms with E-state index >= 15 is 0 Å². The Kier molecular flexibility index (Phi) is 4.65. The van der Waals surface area contributed by atoms with Crippen LogP contribution in [-0.4, -0.2) is 35.2 Å². The van der Waals surface area contributed by atoms with Gasteiger partial charge in [-0.1, -0.05) is 6.42 Å². The molecular weight excluding hydrogens is 254 g/mol. The van der Waals surface area contributed by atoms with Crippen molar-refractivity contribution in [1.82, 2.24) is 4.90 Å². The molecule has 1 aromatic rings. The van der Waals surface area contributed by atoms with Crippen molar-refractivity contribution in [2.45, 2.75) is 51.7 Å². The van der Waals surface area contributed by atoms with Gasteiger partial charge in [0.15, 0.2) is 0 Å². The van der Waals surface area contributed by atoms with Crippen LogP contribution < -0.4 is 4.74 Å². The van der Waals surface area contributed by atoms with Crippen LogP contribution in [0.4, 0.5) is 0 Å². The molecule has 0 aromatic heterocycles. The first-order chi connectivity index (χ1) is 9.52. The summed E-state index contributed by atoms with van der Waals surface area (Å²) in [5, 5.41) is 9.13. The second kappa shape index (κ2) is 6.27. The molecule has 0 spiro atoms. The van der Waals surface area contributed by atoms with Crippen LogP contribution in [0.5, 0.6) is 5.75 Å². The Labute approximate surface area is 120 Å². The number of piperidine rings is 1. The summed E-state index contributed by atoms with van der Waals surface area (Å²) in [4.78, 5) is 13.6. The van der Waals surface area contributed by atoms with Crippen molar-refractivity contribution in [2.24, 2.45) is 0 Å². The average molecular weight is 277 g/mol. The van der Waals surface area contributed by atoms with Gasteiger partial charge in [0.1, 0.15) is 5.75 Å². The van der Waals surface area contributed by atoms with E-state index in [4.69, 9.17) is 9.84 Å². The van der Waals surface area contributed by atoms with E-state index in [9.17, 15) is 4.79 Å². The molecule has 0 radical (unpaired) electrons. The van der Waals surface area contributed by atoms with E-state index < -0.39 is 5.97 Å². The molecule has 4 heteroatoms. The number of methoxy groups -OCH3 is 1. The first-order valence-corrected chi connectivity index (χ1v) is 7.19. The van der Waals surface area contributed by atoms with Gasteiger partial charge in [0.2, 0.25) is 0 Å². The Balaban J connectivity index is 2.26. The van der Waals surface area contributed by atoms with Gasteiger partial charge in [0.05, 0.1) is 12.7 Å². The lowest BCUT2D eigenvalue weighted by Gasteiger charge is -2.39. The number of hydrogen-bond acceptors (Lipinski definition) is 3. The average Bonchev–Trinajstić information content (AvgIpc) is 2.42. The quantitative estimate of drug-likeness (QED) is 0.918. The molecule has 1 aliphatic rings. The molecule has 20 heavy (non-hydrogen) atoms. The van der Waals surface area contributed by atoms with Gasteiger partial charge in [-0.2, -0.15) is 0 Å². The molecule has 0 unspecified atom stereocenters. The predicted octanol–water partition coefficient (Wildman–Crippen LogP) is 3.16. The highest BCUT2D eigenvalue weighted by Gasteiger charge is 2.25. The molecule has 1 heterocycles. The molecule has 0 saturated carbocycles. The van der Waals surface area contributed by atoms with Crippen molar-refractivity contribution in [1.29, 1.82) is 0 Å². The van der Waals surface area contributed by atoms with Crippen molar-refractivity contribution < 1.29 is 14.6 Å². The fourth-order valence-corrected chi connectivity index (χ4v) is 3.02. The maximum atomic E-state index is 11.1. The predicted molar refractivity (Wildman–Crippen MR) is 78.3 cm³/mol. The zero-order valence-corrected chi connectivity index (χ0v) is 12.4. The van der Waals surface area contributed by atoms with Crippen LogP contribution in [0.3, 0.4) is 0 Å². The van der Waals surface area contributed by atoms with E-state index in [2.05, 4.69) is 18.7 Å². The van der Waals surface area contributed by atoms with Gasteiger partial charge in [0.25, 0.3) is 0 Å². The highest BCUT2D eigenvalue weighted by atomic mass is 16.5. The van der Waals surface area contributed by atoms with Crippen LogP contribution in [0.15, 0.2) is 18.2 Å². The molecular formula is C16H23NO3. The van der Waals surface area contributed by atoms with E-state index in [0.717, 1.165) is 17.9 Å². The summed E-state index contributed by atoms with van der Waals surface area (Å²) < 4.78 is 5.37. The topological polar surface area (TPSA) is 49.8 Å². The van der Waals surface area contributed by atoms with Crippen LogP contribution in [0.1, 0.15) is 49.0 Å². The minimum absolute atomic E-state index is 0.318. The van der Waals surface area contributed by atoms with Crippen LogP contribution in [0.25, 0.3) is 0 Å². The number of carbonyl (C=O) groups is 1. The van der Waals surface area contributed by atoms with Crippen molar-refractivity contribution in [3.8, 4) is 5.75 Å². The van der Waals surface area contributed by atoms with Crippen molar-refractivity contribution in [3.63, 3.8) is 0 Å². The lowest BCUT2D eigenvalue weighted by molar-refractivity contribution is 0.0696. The van der Waals surface area contributed by atoms with Gasteiger partial charge >= 0.3 is 5.97 Å². The molecule has 1 aliphatic heterocycles. The van der Waals surface area contributed by atoms with E-state index in [1.165, 1.54) is 19.3 Å². The monoisotopic (exact) mass is 277 g/mol. The molecule has 0 aliphatic carbocycles. The maximum Gasteiger partial charge on any atom is 0.335 e. The zero-order chi connectivity index (χ0) is 14.7. The van der Waals surface area contributed by atoms with Gasteiger partial charge in [-0.05, 0) is 44.9 Å². The van der Waals surface area contributed by atoms with Gasteiger partial charge in [-0.25, -0.2) is 4.79 Å². The Morgan fingerprint density at radius 1 is 1.35 bits per heavy atom. The fraction of sp³-hybridized carbons (Fsp3) is 0.562. The number of hydrogen-bond donors (Lipinski definition) is 1. The molecule has 1 N–H and O–H groups in total. The molecule has 4 nitrogen and oxygen atoms in total. The first-order valence-electron chi connectivity index (χ1n) is 7.19. The number of likely N-dealkylation sites (tertiary alicyclic amines) is 1. The Bertz CT molecular complexity index is 477. The van der Waals surface area contributed by atoms with Gasteiger partial charge in [-0.15, -0.1) is 0 Å². The number of nitrogens with zero attached hydrogens (tertiary/aromatic N) is 1. The maximum absolute atomic E-state index is 11.1. The summed E-state index contributed by atoms with van der Waals surface area (Å²) in [6, 6.07) is 6.12. The zero-order valence-electron chi connectivity index (χ0n) is 12.4. The molecule has 0 amide bonds. The lowest BCUT2D eigenvalue weighted by Crippen LogP contribution is -2.43. The SMILES string of the molecule is COc1ccc(C(=O)O)cc1CN1[C@H](C)CCC[C@@H]1C. The second-order valence-corrected chi connectivity index (χ2v) is 5.63. The molecule has 1 aromatic carbocycles. The molecule has 1 saturated heterocycles. The van der Waals surface area contributed by atoms with Crippen LogP contribution in [0, 0.1) is 0 Å². The van der Waals surface area contributed by atoms with Crippen LogP contribution in [0.2, 0.25) is 0 Å². The normalized spacial score (nSPS) is 23.6. The summed E-state index contributed by atoms with van der Waals surface area (Å²) in [5.74, 6) is -0.131. The van der Waals surface area contributed by atoms with Gasteiger partial charge in [0, 0.05) is 24.2 Å². The Morgan fingerprint density at radius 2 is 2.00 bits per heavy atom. The molecule has 1 fully saturated rings. The van der Waals surface area contributed by atoms with Crippen LogP contribution in [-0.2, 0) is 6.54 Å². The summed E-state index contributed by atoms with van der Waals surface area (Å²) in [5.41, 5.74) is 1.27. The van der Waals surface area contributed by atoms with Crippen molar-refractivity contribution in [3.05, 3.63) is 29.3 Å². The largest absolute Gasteiger partial charge is 0.496 e. The third kappa shape index (κ3) is 3.12. The minimum atomic E-state index is -0.895. The number of rotatable bonds is 4. The second-order valence-electron chi connectivity index (χ2n) is 5.63. The first kappa shape index (κ1) is 14.9. The smallest absolute Gasteiger partial charge is 0.335 e. The van der Waals surface area contributed by atoms with E-state index in [1.807, 2.05) is 0 Å². The number of ether oxygens (including phenoxy) is 1. The highest BCUT2D eigenvalue weighted by Crippen LogP contribution is 2.28. The lowest BCUT2D eigenvalue weighted by atomic mass is 9.96. The number of benzene rings is 1. The van der Waals surface area contributed by atoms with E-state index in [0.29, 0.717) is 17.6 Å². The Morgan fingerprint density at radius 3 is 2.55 bits per heavy atom. The fourth-order valence-electron chi connectivity index (χ4n) is 3.02. The summed E-state index contributed by atoms with van der Waals surface area (Å²) >= 11 is 0. The van der Waals surface area contributed by atoms with Gasteiger partial charge < -0.3 is 9.84 Å². The number of aromatic carboxylic acids is 1. The molecule has 2 rings (SSSR count). The van der Waals surface area contributed by atoms with E-state index in [1.54, 1.807) is 25.3 Å². The van der Waals surface area contributed by atoms with Gasteiger partial charge in [-0.3, -0.25) is 4.90 Å². The van der Waals surface area contributed by atoms with E-state index in [-0.39, 0.29) is 0 Å². The molecule has 0 bridgehead atoms. The third-order valence-corrected chi connectivity index (χ3v) is 4.26. The summed E-state index contributed by atoms with van der Waals surface area (Å²) in [6.45, 7) is 5.22. The Hall–Kier alpha value is -1.55.